The van der Waals surface area contributed by atoms with Crippen molar-refractivity contribution >= 4 is 20.7 Å². The second-order valence-electron chi connectivity index (χ2n) is 6.86. The molecule has 4 aromatic rings. The minimum Gasteiger partial charge on any atom is -0.478 e. The van der Waals surface area contributed by atoms with Crippen molar-refractivity contribution in [2.45, 2.75) is 25.3 Å². The summed E-state index contributed by atoms with van der Waals surface area (Å²) in [6.07, 6.45) is 4.12. The van der Waals surface area contributed by atoms with Crippen molar-refractivity contribution in [2.75, 3.05) is 12.9 Å². The van der Waals surface area contributed by atoms with Crippen molar-refractivity contribution in [2.24, 2.45) is 0 Å². The first-order valence-corrected chi connectivity index (χ1v) is 11.8. The molecule has 0 saturated heterocycles. The van der Waals surface area contributed by atoms with Crippen LogP contribution in [0.3, 0.4) is 0 Å². The maximum absolute atomic E-state index is 11.2. The Hall–Kier alpha value is -3.12. The highest BCUT2D eigenvalue weighted by Gasteiger charge is 2.09. The van der Waals surface area contributed by atoms with Gasteiger partial charge in [0.25, 0.3) is 0 Å². The third-order valence-corrected chi connectivity index (χ3v) is 5.65. The number of hydrogen-bond acceptors (Lipinski definition) is 4. The molecule has 0 aliphatic rings. The van der Waals surface area contributed by atoms with Crippen LogP contribution in [0, 0.1) is 0 Å². The van der Waals surface area contributed by atoms with Crippen molar-refractivity contribution in [3.05, 3.63) is 78.5 Å². The van der Waals surface area contributed by atoms with Crippen molar-refractivity contribution in [1.29, 1.82) is 0 Å². The maximum atomic E-state index is 11.2. The van der Waals surface area contributed by atoms with E-state index in [2.05, 4.69) is 41.2 Å². The van der Waals surface area contributed by atoms with E-state index in [4.69, 9.17) is 4.74 Å². The highest BCUT2D eigenvalue weighted by Crippen LogP contribution is 2.21. The molecule has 0 atom stereocenters. The van der Waals surface area contributed by atoms with Gasteiger partial charge in [-0.15, -0.1) is 0 Å². The zero-order valence-corrected chi connectivity index (χ0v) is 18.2. The smallest absolute Gasteiger partial charge is 0.213 e. The SMILES string of the molecule is CCOc1ccc(-c2ccc(CC)cc2)cn1.CS(=O)(=O)c1cc2ccccc2[nH]1. The molecule has 0 unspecified atom stereocenters. The average molecular weight is 423 g/mol. The van der Waals surface area contributed by atoms with Crippen LogP contribution in [0.25, 0.3) is 22.0 Å². The van der Waals surface area contributed by atoms with Crippen LogP contribution >= 0.6 is 0 Å². The molecule has 0 aliphatic carbocycles. The monoisotopic (exact) mass is 422 g/mol. The zero-order valence-electron chi connectivity index (χ0n) is 17.4. The Balaban J connectivity index is 0.000000177. The van der Waals surface area contributed by atoms with E-state index in [-0.39, 0.29) is 5.03 Å². The summed E-state index contributed by atoms with van der Waals surface area (Å²) in [5.41, 5.74) is 4.52. The van der Waals surface area contributed by atoms with E-state index >= 15 is 0 Å². The van der Waals surface area contributed by atoms with E-state index in [0.717, 1.165) is 22.9 Å². The zero-order chi connectivity index (χ0) is 21.6. The largest absolute Gasteiger partial charge is 0.478 e. The van der Waals surface area contributed by atoms with Crippen LogP contribution in [0.2, 0.25) is 0 Å². The summed E-state index contributed by atoms with van der Waals surface area (Å²) >= 11 is 0. The molecule has 0 fully saturated rings. The standard InChI is InChI=1S/C15H17NO.C9H9NO2S/c1-3-12-5-7-13(8-6-12)14-9-10-15(16-11-14)17-4-2;1-13(11,12)9-6-7-4-2-3-5-8(7)10-9/h5-11H,3-4H2,1-2H3;2-6,10H,1H3. The Morgan fingerprint density at radius 3 is 2.20 bits per heavy atom. The Morgan fingerprint density at radius 1 is 0.933 bits per heavy atom. The first-order valence-electron chi connectivity index (χ1n) is 9.86. The number of nitrogens with zero attached hydrogens (tertiary/aromatic N) is 1. The molecular formula is C24H26N2O3S. The highest BCUT2D eigenvalue weighted by molar-refractivity contribution is 7.90. The van der Waals surface area contributed by atoms with E-state index in [1.165, 1.54) is 17.4 Å². The topological polar surface area (TPSA) is 72.0 Å². The number of aryl methyl sites for hydroxylation is 1. The lowest BCUT2D eigenvalue weighted by atomic mass is 10.0. The Bertz CT molecular complexity index is 1160. The number of fused-ring (bicyclic) bond motifs is 1. The fraction of sp³-hybridized carbons (Fsp3) is 0.208. The fourth-order valence-corrected chi connectivity index (χ4v) is 3.60. The van der Waals surface area contributed by atoms with Crippen molar-refractivity contribution in [1.82, 2.24) is 9.97 Å². The van der Waals surface area contributed by atoms with Gasteiger partial charge in [-0.1, -0.05) is 49.4 Å². The molecule has 0 bridgehead atoms. The molecule has 6 heteroatoms. The van der Waals surface area contributed by atoms with Crippen LogP contribution < -0.4 is 4.74 Å². The quantitative estimate of drug-likeness (QED) is 0.475. The molecule has 4 rings (SSSR count). The van der Waals surface area contributed by atoms with E-state index in [0.29, 0.717) is 12.5 Å². The van der Waals surface area contributed by atoms with Crippen LogP contribution in [-0.2, 0) is 16.3 Å². The van der Waals surface area contributed by atoms with Gasteiger partial charge >= 0.3 is 0 Å². The number of aromatic nitrogens is 2. The van der Waals surface area contributed by atoms with Crippen molar-refractivity contribution in [3.8, 4) is 17.0 Å². The molecule has 156 valence electrons. The summed E-state index contributed by atoms with van der Waals surface area (Å²) in [6.45, 7) is 4.77. The molecule has 0 aliphatic heterocycles. The molecule has 1 N–H and O–H groups in total. The van der Waals surface area contributed by atoms with Gasteiger partial charge in [0.2, 0.25) is 5.88 Å². The van der Waals surface area contributed by atoms with Gasteiger partial charge in [0, 0.05) is 35.0 Å². The Morgan fingerprint density at radius 2 is 1.63 bits per heavy atom. The summed E-state index contributed by atoms with van der Waals surface area (Å²) < 4.78 is 27.7. The van der Waals surface area contributed by atoms with E-state index < -0.39 is 9.84 Å². The van der Waals surface area contributed by atoms with Crippen LogP contribution in [0.1, 0.15) is 19.4 Å². The molecular weight excluding hydrogens is 396 g/mol. The van der Waals surface area contributed by atoms with Gasteiger partial charge in [0.1, 0.15) is 5.03 Å². The van der Waals surface area contributed by atoms with Crippen molar-refractivity contribution < 1.29 is 13.2 Å². The fourth-order valence-electron chi connectivity index (χ4n) is 2.96. The maximum Gasteiger partial charge on any atom is 0.213 e. The lowest BCUT2D eigenvalue weighted by Crippen LogP contribution is -1.96. The van der Waals surface area contributed by atoms with Gasteiger partial charge in [0.05, 0.1) is 6.61 Å². The second-order valence-corrected chi connectivity index (χ2v) is 8.85. The summed E-state index contributed by atoms with van der Waals surface area (Å²) in [4.78, 5) is 7.11. The molecule has 2 heterocycles. The van der Waals surface area contributed by atoms with Gasteiger partial charge in [-0.2, -0.15) is 0 Å². The van der Waals surface area contributed by atoms with Gasteiger partial charge in [0.15, 0.2) is 9.84 Å². The molecule has 0 radical (unpaired) electrons. The van der Waals surface area contributed by atoms with Gasteiger partial charge < -0.3 is 9.72 Å². The Labute approximate surface area is 177 Å². The van der Waals surface area contributed by atoms with Crippen LogP contribution in [0.15, 0.2) is 78.0 Å². The first kappa shape index (κ1) is 21.6. The number of ether oxygens (including phenoxy) is 1. The minimum absolute atomic E-state index is 0.272. The number of sulfone groups is 1. The number of benzene rings is 2. The summed E-state index contributed by atoms with van der Waals surface area (Å²) in [6, 6.07) is 21.7. The van der Waals surface area contributed by atoms with E-state index in [1.807, 2.05) is 49.5 Å². The molecule has 2 aromatic carbocycles. The molecule has 0 amide bonds. The van der Waals surface area contributed by atoms with Crippen LogP contribution in [0.5, 0.6) is 5.88 Å². The molecule has 5 nitrogen and oxygen atoms in total. The normalized spacial score (nSPS) is 11.0. The number of nitrogens with one attached hydrogen (secondary N) is 1. The Kier molecular flexibility index (Phi) is 6.90. The molecule has 30 heavy (non-hydrogen) atoms. The van der Waals surface area contributed by atoms with Gasteiger partial charge in [-0.25, -0.2) is 13.4 Å². The number of pyridine rings is 1. The van der Waals surface area contributed by atoms with Gasteiger partial charge in [-0.05, 0) is 42.7 Å². The van der Waals surface area contributed by atoms with Gasteiger partial charge in [-0.3, -0.25) is 0 Å². The lowest BCUT2D eigenvalue weighted by Gasteiger charge is -2.05. The van der Waals surface area contributed by atoms with Crippen molar-refractivity contribution in [3.63, 3.8) is 0 Å². The highest BCUT2D eigenvalue weighted by atomic mass is 32.2. The number of H-pyrrole nitrogens is 1. The van der Waals surface area contributed by atoms with E-state index in [9.17, 15) is 8.42 Å². The predicted octanol–water partition coefficient (Wildman–Crippen LogP) is 5.28. The lowest BCUT2D eigenvalue weighted by molar-refractivity contribution is 0.327. The van der Waals surface area contributed by atoms with Crippen LogP contribution in [-0.4, -0.2) is 31.2 Å². The number of para-hydroxylation sites is 1. The second kappa shape index (κ2) is 9.59. The van der Waals surface area contributed by atoms with E-state index in [1.54, 1.807) is 6.07 Å². The number of aromatic amines is 1. The third kappa shape index (κ3) is 5.48. The number of hydrogen-bond donors (Lipinski definition) is 1. The molecule has 0 saturated carbocycles. The molecule has 2 aromatic heterocycles. The third-order valence-electron chi connectivity index (χ3n) is 4.63. The van der Waals surface area contributed by atoms with Crippen LogP contribution in [0.4, 0.5) is 0 Å². The first-order chi connectivity index (χ1) is 14.4. The summed E-state index contributed by atoms with van der Waals surface area (Å²) in [5, 5.41) is 1.19. The number of rotatable bonds is 5. The molecule has 0 spiro atoms. The summed E-state index contributed by atoms with van der Waals surface area (Å²) in [7, 11) is -3.12. The minimum atomic E-state index is -3.12. The average Bonchev–Trinajstić information content (AvgIpc) is 3.20. The summed E-state index contributed by atoms with van der Waals surface area (Å²) in [5.74, 6) is 0.682. The predicted molar refractivity (Wildman–Crippen MR) is 122 cm³/mol.